The zero-order valence-electron chi connectivity index (χ0n) is 9.00. The van der Waals surface area contributed by atoms with E-state index in [-0.39, 0.29) is 17.3 Å². The first kappa shape index (κ1) is 13.0. The molecule has 1 aromatic carbocycles. The van der Waals surface area contributed by atoms with Crippen LogP contribution in [0.3, 0.4) is 0 Å². The molecule has 18 heavy (non-hydrogen) atoms. The van der Waals surface area contributed by atoms with Crippen molar-refractivity contribution in [3.63, 3.8) is 0 Å². The highest BCUT2D eigenvalue weighted by Crippen LogP contribution is 2.24. The van der Waals surface area contributed by atoms with E-state index in [1.54, 1.807) is 0 Å². The van der Waals surface area contributed by atoms with Crippen molar-refractivity contribution in [3.8, 4) is 0 Å². The second-order valence-corrected chi connectivity index (χ2v) is 5.95. The molecule has 2 aromatic rings. The number of hydrogen-bond donors (Lipinski definition) is 2. The molecule has 0 aliphatic rings. The number of rotatable bonds is 4. The smallest absolute Gasteiger partial charge is 0.242 e. The van der Waals surface area contributed by atoms with E-state index in [1.807, 2.05) is 0 Å². The minimum Gasteiger partial charge on any atom is -0.399 e. The number of sulfonamides is 1. The van der Waals surface area contributed by atoms with Gasteiger partial charge in [-0.15, -0.1) is 0 Å². The topological polar surface area (TPSA) is 111 Å². The molecule has 2 rings (SSSR count). The summed E-state index contributed by atoms with van der Waals surface area (Å²) in [6.07, 6.45) is 1.13. The third-order valence-corrected chi connectivity index (χ3v) is 4.45. The van der Waals surface area contributed by atoms with Crippen LogP contribution in [0.15, 0.2) is 38.5 Å². The Morgan fingerprint density at radius 1 is 1.44 bits per heavy atom. The molecule has 3 N–H and O–H groups in total. The zero-order chi connectivity index (χ0) is 13.2. The molecule has 0 radical (unpaired) electrons. The molecule has 0 fully saturated rings. The Bertz CT molecular complexity index is 642. The van der Waals surface area contributed by atoms with E-state index in [9.17, 15) is 8.42 Å². The fourth-order valence-electron chi connectivity index (χ4n) is 1.24. The molecule has 0 bridgehead atoms. The van der Waals surface area contributed by atoms with Gasteiger partial charge in [-0.3, -0.25) is 0 Å². The van der Waals surface area contributed by atoms with Crippen molar-refractivity contribution in [1.82, 2.24) is 14.9 Å². The number of hydrogen-bond acceptors (Lipinski definition) is 6. The molecule has 96 valence electrons. The normalized spacial score (nSPS) is 11.6. The number of nitrogens with two attached hydrogens (primary N) is 1. The minimum absolute atomic E-state index is 0.0460. The van der Waals surface area contributed by atoms with Gasteiger partial charge in [0, 0.05) is 10.2 Å². The molecule has 0 spiro atoms. The van der Waals surface area contributed by atoms with E-state index in [1.165, 1.54) is 18.2 Å². The van der Waals surface area contributed by atoms with Gasteiger partial charge in [-0.1, -0.05) is 5.16 Å². The molecule has 0 unspecified atom stereocenters. The van der Waals surface area contributed by atoms with Gasteiger partial charge in [0.2, 0.25) is 16.4 Å². The van der Waals surface area contributed by atoms with Crippen molar-refractivity contribution in [1.29, 1.82) is 0 Å². The van der Waals surface area contributed by atoms with Crippen LogP contribution in [-0.2, 0) is 16.6 Å². The summed E-state index contributed by atoms with van der Waals surface area (Å²) < 4.78 is 31.2. The molecule has 7 nitrogen and oxygen atoms in total. The Balaban J connectivity index is 2.20. The highest BCUT2D eigenvalue weighted by atomic mass is 79.9. The van der Waals surface area contributed by atoms with E-state index in [0.29, 0.717) is 10.2 Å². The van der Waals surface area contributed by atoms with Gasteiger partial charge in [0.05, 0.1) is 11.4 Å². The summed E-state index contributed by atoms with van der Waals surface area (Å²) >= 11 is 3.15. The van der Waals surface area contributed by atoms with Crippen LogP contribution >= 0.6 is 15.9 Å². The molecule has 0 aliphatic heterocycles. The number of aromatic nitrogens is 2. The van der Waals surface area contributed by atoms with Gasteiger partial charge in [-0.05, 0) is 34.1 Å². The largest absolute Gasteiger partial charge is 0.399 e. The van der Waals surface area contributed by atoms with Gasteiger partial charge >= 0.3 is 0 Å². The van der Waals surface area contributed by atoms with E-state index >= 15 is 0 Å². The number of anilines is 1. The Morgan fingerprint density at radius 3 is 2.83 bits per heavy atom. The maximum atomic E-state index is 12.0. The molecule has 1 aromatic heterocycles. The van der Waals surface area contributed by atoms with Crippen LogP contribution < -0.4 is 10.5 Å². The summed E-state index contributed by atoms with van der Waals surface area (Å²) in [4.78, 5) is 3.81. The highest BCUT2D eigenvalue weighted by molar-refractivity contribution is 9.10. The lowest BCUT2D eigenvalue weighted by Crippen LogP contribution is -2.24. The molecule has 0 saturated heterocycles. The third-order valence-electron chi connectivity index (χ3n) is 2.07. The Morgan fingerprint density at radius 2 is 2.22 bits per heavy atom. The van der Waals surface area contributed by atoms with Crippen molar-refractivity contribution in [3.05, 3.63) is 34.9 Å². The van der Waals surface area contributed by atoms with Gasteiger partial charge < -0.3 is 10.3 Å². The van der Waals surface area contributed by atoms with Crippen LogP contribution in [0.2, 0.25) is 0 Å². The quantitative estimate of drug-likeness (QED) is 0.804. The van der Waals surface area contributed by atoms with Gasteiger partial charge in [-0.2, -0.15) is 4.98 Å². The van der Waals surface area contributed by atoms with Gasteiger partial charge in [0.25, 0.3) is 0 Å². The van der Waals surface area contributed by atoms with Gasteiger partial charge in [0.15, 0.2) is 5.82 Å². The van der Waals surface area contributed by atoms with E-state index < -0.39 is 10.0 Å². The zero-order valence-corrected chi connectivity index (χ0v) is 11.4. The average Bonchev–Trinajstić information content (AvgIpc) is 2.78. The first-order valence-electron chi connectivity index (χ1n) is 4.79. The summed E-state index contributed by atoms with van der Waals surface area (Å²) in [7, 11) is -3.66. The minimum atomic E-state index is -3.66. The number of nitrogens with one attached hydrogen (secondary N) is 1. The average molecular weight is 333 g/mol. The number of nitrogens with zero attached hydrogens (tertiary/aromatic N) is 2. The van der Waals surface area contributed by atoms with E-state index in [2.05, 4.69) is 35.3 Å². The van der Waals surface area contributed by atoms with Crippen LogP contribution in [0.1, 0.15) is 5.82 Å². The monoisotopic (exact) mass is 332 g/mol. The van der Waals surface area contributed by atoms with Crippen LogP contribution in [-0.4, -0.2) is 18.6 Å². The summed E-state index contributed by atoms with van der Waals surface area (Å²) in [5, 5.41) is 3.50. The fourth-order valence-corrected chi connectivity index (χ4v) is 3.32. The van der Waals surface area contributed by atoms with Crippen LogP contribution in [0.5, 0.6) is 0 Å². The second-order valence-electron chi connectivity index (χ2n) is 3.36. The number of nitrogen functional groups attached to an aromatic ring is 1. The lowest BCUT2D eigenvalue weighted by molar-refractivity contribution is 0.409. The lowest BCUT2D eigenvalue weighted by Gasteiger charge is -2.07. The number of benzene rings is 1. The maximum absolute atomic E-state index is 12.0. The van der Waals surface area contributed by atoms with E-state index in [4.69, 9.17) is 5.73 Å². The van der Waals surface area contributed by atoms with Crippen LogP contribution in [0.25, 0.3) is 0 Å². The molecular formula is C9H9BrN4O3S. The predicted octanol–water partition coefficient (Wildman–Crippen LogP) is 0.893. The summed E-state index contributed by atoms with van der Waals surface area (Å²) in [5.41, 5.74) is 6.02. The summed E-state index contributed by atoms with van der Waals surface area (Å²) in [6, 6.07) is 4.44. The molecule has 0 saturated carbocycles. The van der Waals surface area contributed by atoms with Gasteiger partial charge in [0.1, 0.15) is 0 Å². The van der Waals surface area contributed by atoms with Crippen molar-refractivity contribution in [2.75, 3.05) is 5.73 Å². The van der Waals surface area contributed by atoms with E-state index in [0.717, 1.165) is 6.39 Å². The van der Waals surface area contributed by atoms with Crippen molar-refractivity contribution in [2.45, 2.75) is 11.4 Å². The first-order chi connectivity index (χ1) is 8.49. The van der Waals surface area contributed by atoms with Crippen molar-refractivity contribution in [2.24, 2.45) is 0 Å². The molecular weight excluding hydrogens is 324 g/mol. The first-order valence-corrected chi connectivity index (χ1v) is 7.06. The SMILES string of the molecule is Nc1ccc(S(=O)(=O)NCc2ncon2)c(Br)c1. The fraction of sp³-hybridized carbons (Fsp3) is 0.111. The predicted molar refractivity (Wildman–Crippen MR) is 66.9 cm³/mol. The molecule has 0 aliphatic carbocycles. The molecule has 1 heterocycles. The maximum Gasteiger partial charge on any atom is 0.242 e. The van der Waals surface area contributed by atoms with Gasteiger partial charge in [-0.25, -0.2) is 13.1 Å². The number of halogens is 1. The van der Waals surface area contributed by atoms with Crippen LogP contribution in [0, 0.1) is 0 Å². The summed E-state index contributed by atoms with van der Waals surface area (Å²) in [5.74, 6) is 0.255. The standard InChI is InChI=1S/C9H9BrN4O3S/c10-7-3-6(11)1-2-8(7)18(15,16)13-4-9-12-5-17-14-9/h1-3,5,13H,4,11H2. The second kappa shape index (κ2) is 5.04. The lowest BCUT2D eigenvalue weighted by atomic mass is 10.3. The van der Waals surface area contributed by atoms with Crippen molar-refractivity contribution >= 4 is 31.6 Å². The Labute approximate surface area is 112 Å². The Kier molecular flexibility index (Phi) is 3.64. The molecule has 9 heteroatoms. The summed E-state index contributed by atoms with van der Waals surface area (Å²) in [6.45, 7) is -0.0460. The molecule has 0 amide bonds. The van der Waals surface area contributed by atoms with Crippen molar-refractivity contribution < 1.29 is 12.9 Å². The highest BCUT2D eigenvalue weighted by Gasteiger charge is 2.18. The Hall–Kier alpha value is -1.45. The molecule has 0 atom stereocenters. The third kappa shape index (κ3) is 2.86. The van der Waals surface area contributed by atoms with Crippen LogP contribution in [0.4, 0.5) is 5.69 Å².